The van der Waals surface area contributed by atoms with Gasteiger partial charge in [-0.2, -0.15) is 0 Å². The molecule has 6 nitrogen and oxygen atoms in total. The van der Waals surface area contributed by atoms with E-state index in [1.807, 2.05) is 37.9 Å². The van der Waals surface area contributed by atoms with Gasteiger partial charge in [0.25, 0.3) is 5.92 Å². The molecule has 3 unspecified atom stereocenters. The number of H-pyrrole nitrogens is 1. The molecule has 3 heterocycles. The van der Waals surface area contributed by atoms with Crippen molar-refractivity contribution in [1.82, 2.24) is 19.9 Å². The SMILES string of the molecule is C=CC.CC.CC1CC1(F)F.CC1CCC(Nc2ncnc3[nH]ccc23)CN1C=O. The number of nitrogens with zero attached hydrogens (tertiary/aromatic N) is 3. The minimum Gasteiger partial charge on any atom is -0.365 e. The maximum Gasteiger partial charge on any atom is 0.251 e. The highest BCUT2D eigenvalue weighted by Crippen LogP contribution is 2.47. The standard InChI is InChI=1S/C13H17N5O.C4H6F2.C3H6.C2H6/c1-9-2-3-10(6-18(9)8-19)17-13-11-4-5-14-12(11)15-7-16-13;1-3-2-4(3,5)6;1-3-2;1-2/h4-5,7-10H,2-3,6H2,1H3,(H2,14,15,16,17);3H,2H2,1H3;3H,1H2,2H3;1-2H3. The van der Waals surface area contributed by atoms with Crippen LogP contribution in [-0.4, -0.2) is 50.8 Å². The number of hydrogen-bond donors (Lipinski definition) is 2. The second-order valence-corrected chi connectivity index (χ2v) is 7.31. The minimum atomic E-state index is -2.29. The molecule has 1 aliphatic heterocycles. The Morgan fingerprint density at radius 2 is 1.90 bits per heavy atom. The van der Waals surface area contributed by atoms with Crippen molar-refractivity contribution in [1.29, 1.82) is 0 Å². The number of fused-ring (bicyclic) bond motifs is 1. The molecule has 2 aliphatic rings. The molecule has 1 amide bonds. The summed E-state index contributed by atoms with van der Waals surface area (Å²) in [5.41, 5.74) is 0.828. The summed E-state index contributed by atoms with van der Waals surface area (Å²) in [4.78, 5) is 24.4. The van der Waals surface area contributed by atoms with E-state index in [9.17, 15) is 13.6 Å². The van der Waals surface area contributed by atoms with Gasteiger partial charge >= 0.3 is 0 Å². The van der Waals surface area contributed by atoms with Gasteiger partial charge in [0.1, 0.15) is 17.8 Å². The summed E-state index contributed by atoms with van der Waals surface area (Å²) in [5.74, 6) is -1.80. The molecule has 0 spiro atoms. The van der Waals surface area contributed by atoms with Gasteiger partial charge in [-0.3, -0.25) is 4.79 Å². The number of carbonyl (C=O) groups is 1. The quantitative estimate of drug-likeness (QED) is 0.522. The molecule has 2 aromatic heterocycles. The van der Waals surface area contributed by atoms with E-state index in [4.69, 9.17) is 0 Å². The third-order valence-corrected chi connectivity index (χ3v) is 4.90. The van der Waals surface area contributed by atoms with Crippen LogP contribution in [0, 0.1) is 5.92 Å². The van der Waals surface area contributed by atoms with Gasteiger partial charge < -0.3 is 15.2 Å². The molecule has 1 saturated carbocycles. The van der Waals surface area contributed by atoms with E-state index in [0.717, 1.165) is 42.6 Å². The zero-order valence-corrected chi connectivity index (χ0v) is 18.7. The molecule has 2 aromatic rings. The van der Waals surface area contributed by atoms with E-state index >= 15 is 0 Å². The molecule has 1 aliphatic carbocycles. The molecule has 2 fully saturated rings. The number of rotatable bonds is 3. The van der Waals surface area contributed by atoms with Gasteiger partial charge in [0, 0.05) is 37.2 Å². The average Bonchev–Trinajstić information content (AvgIpc) is 3.10. The zero-order chi connectivity index (χ0) is 22.7. The number of halogens is 2. The average molecular weight is 424 g/mol. The summed E-state index contributed by atoms with van der Waals surface area (Å²) in [7, 11) is 0. The zero-order valence-electron chi connectivity index (χ0n) is 18.7. The fourth-order valence-corrected chi connectivity index (χ4v) is 2.93. The van der Waals surface area contributed by atoms with Gasteiger partial charge in [-0.15, -0.1) is 6.58 Å². The number of carbonyl (C=O) groups excluding carboxylic acids is 1. The molecular weight excluding hydrogens is 388 g/mol. The highest BCUT2D eigenvalue weighted by Gasteiger charge is 2.53. The number of alkyl halides is 2. The largest absolute Gasteiger partial charge is 0.365 e. The molecule has 1 saturated heterocycles. The fourth-order valence-electron chi connectivity index (χ4n) is 2.93. The maximum atomic E-state index is 11.5. The number of anilines is 1. The lowest BCUT2D eigenvalue weighted by Crippen LogP contribution is -2.46. The first-order valence-corrected chi connectivity index (χ1v) is 10.5. The fraction of sp³-hybridized carbons (Fsp3) is 0.591. The number of hydrogen-bond acceptors (Lipinski definition) is 4. The highest BCUT2D eigenvalue weighted by molar-refractivity contribution is 5.86. The monoisotopic (exact) mass is 423 g/mol. The number of aromatic nitrogens is 3. The van der Waals surface area contributed by atoms with Gasteiger partial charge in [0.05, 0.1) is 5.39 Å². The van der Waals surface area contributed by atoms with Gasteiger partial charge in [-0.05, 0) is 32.8 Å². The summed E-state index contributed by atoms with van der Waals surface area (Å²) in [5, 5.41) is 4.41. The van der Waals surface area contributed by atoms with Crippen molar-refractivity contribution in [2.75, 3.05) is 11.9 Å². The van der Waals surface area contributed by atoms with Gasteiger partial charge in [-0.25, -0.2) is 18.7 Å². The van der Waals surface area contributed by atoms with Crippen LogP contribution in [0.2, 0.25) is 0 Å². The predicted octanol–water partition coefficient (Wildman–Crippen LogP) is 5.26. The Balaban J connectivity index is 0.000000340. The van der Waals surface area contributed by atoms with E-state index < -0.39 is 5.92 Å². The van der Waals surface area contributed by atoms with E-state index in [0.29, 0.717) is 6.04 Å². The van der Waals surface area contributed by atoms with Crippen molar-refractivity contribution in [3.05, 3.63) is 31.2 Å². The summed E-state index contributed by atoms with van der Waals surface area (Å²) >= 11 is 0. The van der Waals surface area contributed by atoms with E-state index in [1.165, 1.54) is 0 Å². The number of allylic oxidation sites excluding steroid dienone is 1. The first-order chi connectivity index (χ1) is 14.3. The Kier molecular flexibility index (Phi) is 10.4. The molecule has 0 aromatic carbocycles. The van der Waals surface area contributed by atoms with E-state index in [1.54, 1.807) is 19.3 Å². The molecule has 168 valence electrons. The normalized spacial score (nSPS) is 23.4. The number of aromatic amines is 1. The highest BCUT2D eigenvalue weighted by atomic mass is 19.3. The lowest BCUT2D eigenvalue weighted by molar-refractivity contribution is -0.121. The van der Waals surface area contributed by atoms with Gasteiger partial charge in [0.2, 0.25) is 6.41 Å². The Morgan fingerprint density at radius 3 is 2.43 bits per heavy atom. The summed E-state index contributed by atoms with van der Waals surface area (Å²) < 4.78 is 23.1. The topological polar surface area (TPSA) is 73.9 Å². The number of piperidine rings is 1. The smallest absolute Gasteiger partial charge is 0.251 e. The molecule has 0 radical (unpaired) electrons. The van der Waals surface area contributed by atoms with Crippen LogP contribution in [0.3, 0.4) is 0 Å². The van der Waals surface area contributed by atoms with Gasteiger partial charge in [-0.1, -0.05) is 26.8 Å². The van der Waals surface area contributed by atoms with E-state index in [-0.39, 0.29) is 18.4 Å². The molecule has 2 N–H and O–H groups in total. The molecular formula is C22H35F2N5O. The molecule has 8 heteroatoms. The Morgan fingerprint density at radius 1 is 1.30 bits per heavy atom. The molecule has 3 atom stereocenters. The van der Waals surface area contributed by atoms with Crippen molar-refractivity contribution in [3.8, 4) is 0 Å². The number of amides is 1. The van der Waals surface area contributed by atoms with Crippen LogP contribution in [0.15, 0.2) is 31.2 Å². The first-order valence-electron chi connectivity index (χ1n) is 10.5. The predicted molar refractivity (Wildman–Crippen MR) is 119 cm³/mol. The Labute approximate surface area is 178 Å². The lowest BCUT2D eigenvalue weighted by Gasteiger charge is -2.35. The minimum absolute atomic E-state index is 0.104. The summed E-state index contributed by atoms with van der Waals surface area (Å²) in [6.45, 7) is 13.6. The lowest BCUT2D eigenvalue weighted by atomic mass is 10.00. The van der Waals surface area contributed by atoms with Crippen molar-refractivity contribution in [2.24, 2.45) is 5.92 Å². The van der Waals surface area contributed by atoms with E-state index in [2.05, 4.69) is 33.8 Å². The molecule has 30 heavy (non-hydrogen) atoms. The second-order valence-electron chi connectivity index (χ2n) is 7.31. The Hall–Kier alpha value is -2.51. The summed E-state index contributed by atoms with van der Waals surface area (Å²) in [6, 6.07) is 2.53. The summed E-state index contributed by atoms with van der Waals surface area (Å²) in [6.07, 6.45) is 8.24. The van der Waals surface area contributed by atoms with Crippen LogP contribution in [0.25, 0.3) is 11.0 Å². The van der Waals surface area contributed by atoms with Crippen LogP contribution in [0.1, 0.15) is 53.9 Å². The van der Waals surface area contributed by atoms with Crippen molar-refractivity contribution in [2.45, 2.75) is 71.9 Å². The van der Waals surface area contributed by atoms with Crippen LogP contribution in [0.4, 0.5) is 14.6 Å². The van der Waals surface area contributed by atoms with Crippen LogP contribution in [0.5, 0.6) is 0 Å². The second kappa shape index (κ2) is 12.2. The molecule has 4 rings (SSSR count). The number of nitrogens with one attached hydrogen (secondary N) is 2. The molecule has 0 bridgehead atoms. The van der Waals surface area contributed by atoms with Crippen LogP contribution < -0.4 is 5.32 Å². The Bertz CT molecular complexity index is 780. The van der Waals surface area contributed by atoms with Crippen LogP contribution >= 0.6 is 0 Å². The maximum absolute atomic E-state index is 11.5. The van der Waals surface area contributed by atoms with Crippen molar-refractivity contribution < 1.29 is 13.6 Å². The third kappa shape index (κ3) is 7.39. The van der Waals surface area contributed by atoms with Gasteiger partial charge in [0.15, 0.2) is 0 Å². The number of likely N-dealkylation sites (tertiary alicyclic amines) is 1. The third-order valence-electron chi connectivity index (χ3n) is 4.90. The van der Waals surface area contributed by atoms with Crippen LogP contribution in [-0.2, 0) is 4.79 Å². The van der Waals surface area contributed by atoms with Crippen molar-refractivity contribution in [3.63, 3.8) is 0 Å². The first kappa shape index (κ1) is 25.5. The van der Waals surface area contributed by atoms with Crippen molar-refractivity contribution >= 4 is 23.3 Å².